The molecule has 5 atom stereocenters. The molecule has 0 unspecified atom stereocenters. The average molecular weight is 744 g/mol. The van der Waals surface area contributed by atoms with Crippen molar-refractivity contribution in [2.75, 3.05) is 19.9 Å². The third-order valence-electron chi connectivity index (χ3n) is 11.5. The van der Waals surface area contributed by atoms with Crippen molar-refractivity contribution in [2.24, 2.45) is 11.8 Å². The maximum absolute atomic E-state index is 14.8. The summed E-state index contributed by atoms with van der Waals surface area (Å²) in [7, 11) is 0. The lowest BCUT2D eigenvalue weighted by Crippen LogP contribution is -2.54. The number of carbonyl (C=O) groups is 5. The number of Topliss-reactive ketones (excluding diaryl/α,β-unsaturated/α-hetero) is 1. The molecule has 6 aliphatic rings. The number of hydrogen-bond donors (Lipinski definition) is 1. The molecule has 288 valence electrons. The zero-order valence-electron chi connectivity index (χ0n) is 31.5. The van der Waals surface area contributed by atoms with Crippen molar-refractivity contribution >= 4 is 40.4 Å². The van der Waals surface area contributed by atoms with Crippen molar-refractivity contribution in [1.82, 2.24) is 15.2 Å². The van der Waals surface area contributed by atoms with Gasteiger partial charge in [-0.15, -0.1) is 0 Å². The molecule has 2 aromatic rings. The van der Waals surface area contributed by atoms with Gasteiger partial charge in [0.2, 0.25) is 18.6 Å². The highest BCUT2D eigenvalue weighted by Crippen LogP contribution is 2.54. The van der Waals surface area contributed by atoms with E-state index in [0.717, 1.165) is 32.1 Å². The number of aromatic nitrogens is 1. The fraction of sp³-hybridized carbons (Fsp3) is 0.610. The molecule has 2 aliphatic carbocycles. The van der Waals surface area contributed by atoms with E-state index in [9.17, 15) is 24.0 Å². The third-order valence-corrected chi connectivity index (χ3v) is 11.5. The fourth-order valence-electron chi connectivity index (χ4n) is 8.71. The van der Waals surface area contributed by atoms with Gasteiger partial charge in [0.05, 0.1) is 48.2 Å². The molecule has 1 N–H and O–H groups in total. The Balaban J connectivity index is 1.18. The number of allylic oxidation sites excluding steroid dienone is 1. The van der Waals surface area contributed by atoms with Crippen LogP contribution in [0.1, 0.15) is 120 Å². The van der Waals surface area contributed by atoms with Gasteiger partial charge >= 0.3 is 11.9 Å². The number of nitrogens with zero attached hydrogens (tertiary/aromatic N) is 2. The molecule has 3 fully saturated rings. The van der Waals surface area contributed by atoms with Crippen LogP contribution >= 0.6 is 0 Å². The Kier molecular flexibility index (Phi) is 9.12. The third kappa shape index (κ3) is 6.68. The van der Waals surface area contributed by atoms with E-state index in [2.05, 4.69) is 5.32 Å². The van der Waals surface area contributed by atoms with E-state index < -0.39 is 46.5 Å². The van der Waals surface area contributed by atoms with Gasteiger partial charge in [-0.3, -0.25) is 19.2 Å². The molecule has 0 radical (unpaired) electrons. The van der Waals surface area contributed by atoms with Crippen molar-refractivity contribution in [3.8, 4) is 17.2 Å². The Bertz CT molecular complexity index is 1950. The Labute approximate surface area is 314 Å². The van der Waals surface area contributed by atoms with E-state index in [1.807, 2.05) is 18.2 Å². The van der Waals surface area contributed by atoms with Crippen LogP contribution in [0.5, 0.6) is 17.2 Å². The largest absolute Gasteiger partial charge is 0.482 e. The van der Waals surface area contributed by atoms with Crippen molar-refractivity contribution < 1.29 is 47.7 Å². The number of esters is 2. The van der Waals surface area contributed by atoms with Crippen LogP contribution in [0.15, 0.2) is 24.3 Å². The molecule has 1 spiro atoms. The minimum Gasteiger partial charge on any atom is -0.482 e. The quantitative estimate of drug-likeness (QED) is 0.307. The maximum atomic E-state index is 14.8. The molecular weight excluding hydrogens is 694 g/mol. The first-order chi connectivity index (χ1) is 25.8. The summed E-state index contributed by atoms with van der Waals surface area (Å²) in [5.41, 5.74) is -1.59. The summed E-state index contributed by atoms with van der Waals surface area (Å²) in [5.74, 6) is -1.71. The molecule has 1 saturated heterocycles. The van der Waals surface area contributed by atoms with Gasteiger partial charge in [0, 0.05) is 24.2 Å². The zero-order chi connectivity index (χ0) is 38.0. The van der Waals surface area contributed by atoms with E-state index in [1.165, 1.54) is 4.90 Å². The number of pyridine rings is 1. The highest BCUT2D eigenvalue weighted by molar-refractivity contribution is 6.14. The van der Waals surface area contributed by atoms with E-state index in [-0.39, 0.29) is 62.7 Å². The summed E-state index contributed by atoms with van der Waals surface area (Å²) in [6, 6.07) is 2.53. The monoisotopic (exact) mass is 743 g/mol. The second-order valence-corrected chi connectivity index (χ2v) is 16.8. The summed E-state index contributed by atoms with van der Waals surface area (Å²) >= 11 is 0. The van der Waals surface area contributed by atoms with Crippen LogP contribution in [-0.2, 0) is 28.7 Å². The van der Waals surface area contributed by atoms with Crippen molar-refractivity contribution in [3.05, 3.63) is 35.5 Å². The summed E-state index contributed by atoms with van der Waals surface area (Å²) in [6.07, 6.45) is 9.53. The van der Waals surface area contributed by atoms with Crippen LogP contribution in [0.25, 0.3) is 10.9 Å². The predicted molar refractivity (Wildman–Crippen MR) is 194 cm³/mol. The average Bonchev–Trinajstić information content (AvgIpc) is 3.99. The van der Waals surface area contributed by atoms with Crippen LogP contribution in [0, 0.1) is 11.8 Å². The lowest BCUT2D eigenvalue weighted by atomic mass is 9.85. The number of fused-ring (bicyclic) bond motifs is 7. The van der Waals surface area contributed by atoms with Gasteiger partial charge < -0.3 is 33.9 Å². The predicted octanol–water partition coefficient (Wildman–Crippen LogP) is 5.45. The summed E-state index contributed by atoms with van der Waals surface area (Å²) < 4.78 is 29.6. The van der Waals surface area contributed by atoms with Crippen molar-refractivity contribution in [1.29, 1.82) is 0 Å². The number of ketones is 1. The van der Waals surface area contributed by atoms with Gasteiger partial charge in [-0.05, 0) is 78.4 Å². The van der Waals surface area contributed by atoms with Crippen LogP contribution in [0.3, 0.4) is 0 Å². The molecule has 1 aromatic heterocycles. The molecule has 54 heavy (non-hydrogen) atoms. The molecular formula is C41H49N3O10. The highest BCUT2D eigenvalue weighted by atomic mass is 16.7. The topological polar surface area (TPSA) is 160 Å². The highest BCUT2D eigenvalue weighted by Gasteiger charge is 2.63. The van der Waals surface area contributed by atoms with E-state index in [0.29, 0.717) is 58.7 Å². The first-order valence-electron chi connectivity index (χ1n) is 19.5. The van der Waals surface area contributed by atoms with Gasteiger partial charge in [-0.1, -0.05) is 25.0 Å². The van der Waals surface area contributed by atoms with Crippen LogP contribution in [0.4, 0.5) is 0 Å². The van der Waals surface area contributed by atoms with E-state index >= 15 is 0 Å². The molecule has 5 heterocycles. The lowest BCUT2D eigenvalue weighted by Gasteiger charge is -2.36. The molecule has 1 aromatic carbocycles. The molecule has 2 saturated carbocycles. The molecule has 0 bridgehead atoms. The Morgan fingerprint density at radius 3 is 2.61 bits per heavy atom. The Morgan fingerprint density at radius 1 is 1.04 bits per heavy atom. The first-order valence-corrected chi connectivity index (χ1v) is 19.5. The molecule has 13 heteroatoms. The molecule has 2 amide bonds. The van der Waals surface area contributed by atoms with Gasteiger partial charge in [-0.25, -0.2) is 9.78 Å². The van der Waals surface area contributed by atoms with Gasteiger partial charge in [0.25, 0.3) is 0 Å². The van der Waals surface area contributed by atoms with E-state index in [4.69, 9.17) is 28.7 Å². The first kappa shape index (κ1) is 36.3. The lowest BCUT2D eigenvalue weighted by molar-refractivity contribution is -0.159. The number of carbonyl (C=O) groups excluding carboxylic acids is 5. The standard InChI is InChI=1S/C41H49N3O10/c1-5-50-38(49)41-18-25(41)12-10-8-6-7-9-11-24(17-30(46)53-39(2,3)4)37(48)44-21-40(19-27(44)36(47)43-41)20-28(45)32-31-26(15-16-29-34(31)52-22-51-29)42-33(23-13-14-23)35(32)54-40/h10,12,15-16,23-25,27H,5-9,11,13-14,17-22H2,1-4H3,(H,43,47)/b12-10-/t24-,25-,27+,40+,41-/m1/s1. The minimum absolute atomic E-state index is 0.00295. The summed E-state index contributed by atoms with van der Waals surface area (Å²) in [4.78, 5) is 77.0. The smallest absolute Gasteiger partial charge is 0.332 e. The maximum Gasteiger partial charge on any atom is 0.332 e. The molecule has 8 rings (SSSR count). The van der Waals surface area contributed by atoms with Crippen molar-refractivity contribution in [2.45, 2.75) is 127 Å². The van der Waals surface area contributed by atoms with E-state index in [1.54, 1.807) is 33.8 Å². The summed E-state index contributed by atoms with van der Waals surface area (Å²) in [5, 5.41) is 3.55. The second-order valence-electron chi connectivity index (χ2n) is 16.8. The number of ether oxygens (including phenoxy) is 5. The Morgan fingerprint density at radius 2 is 1.85 bits per heavy atom. The number of nitrogens with one attached hydrogen (secondary N) is 1. The number of hydrogen-bond acceptors (Lipinski definition) is 11. The minimum atomic E-state index is -1.27. The number of rotatable bonds is 5. The number of benzene rings is 1. The van der Waals surface area contributed by atoms with Crippen LogP contribution in [-0.4, -0.2) is 82.1 Å². The van der Waals surface area contributed by atoms with Gasteiger partial charge in [-0.2, -0.15) is 0 Å². The van der Waals surface area contributed by atoms with Gasteiger partial charge in [0.15, 0.2) is 23.0 Å². The summed E-state index contributed by atoms with van der Waals surface area (Å²) in [6.45, 7) is 7.17. The fourth-order valence-corrected chi connectivity index (χ4v) is 8.71. The zero-order valence-corrected chi connectivity index (χ0v) is 31.5. The Hall–Kier alpha value is -4.68. The van der Waals surface area contributed by atoms with Crippen LogP contribution < -0.4 is 19.5 Å². The molecule has 13 nitrogen and oxygen atoms in total. The normalized spacial score (nSPS) is 30.0. The van der Waals surface area contributed by atoms with Gasteiger partial charge in [0.1, 0.15) is 22.8 Å². The number of amides is 2. The van der Waals surface area contributed by atoms with Crippen molar-refractivity contribution in [3.63, 3.8) is 0 Å². The molecule has 4 aliphatic heterocycles. The second kappa shape index (κ2) is 13.6. The van der Waals surface area contributed by atoms with Crippen LogP contribution in [0.2, 0.25) is 0 Å². The SMILES string of the molecule is CCOC(=O)[C@@]12C[C@H]1/C=C\CCCCC[C@H](CC(=O)OC(C)(C)C)C(=O)N1C[C@@]3(CC(=O)c4c(c(C5CC5)nc5ccc6c(c45)OCO6)O3)C[C@H]1C(=O)N2.